The number of nitrogens with one attached hydrogen (secondary N) is 1. The SMILES string of the molecule is CC(C)C[C@H](CO)N1C(=O)[C@H]2[C@@H]3C(=O)O[C@H](c4ccccc4)[C@@H](C)NC(=O)CC/C=C\CN(c4ccccc4Cl)C(=O)[C@H]1[C@@]21C=C(Br)[C@@H]3O1. The first-order valence-corrected chi connectivity index (χ1v) is 17.9. The molecule has 4 aliphatic rings. The Morgan fingerprint density at radius 2 is 1.73 bits per heavy atom. The molecule has 2 aromatic rings. The van der Waals surface area contributed by atoms with Crippen LogP contribution in [0.2, 0.25) is 5.02 Å². The molecule has 2 N–H and O–H groups in total. The van der Waals surface area contributed by atoms with Crippen LogP contribution >= 0.6 is 27.5 Å². The molecule has 12 heteroatoms. The van der Waals surface area contributed by atoms with Crippen LogP contribution < -0.4 is 10.2 Å². The summed E-state index contributed by atoms with van der Waals surface area (Å²) in [6, 6.07) is 13.5. The number of esters is 1. The molecule has 0 radical (unpaired) electrons. The van der Waals surface area contributed by atoms with Crippen molar-refractivity contribution in [3.05, 3.63) is 87.9 Å². The molecule has 2 saturated heterocycles. The second-order valence-electron chi connectivity index (χ2n) is 13.6. The van der Waals surface area contributed by atoms with Crippen LogP contribution in [-0.2, 0) is 28.7 Å². The molecule has 4 heterocycles. The van der Waals surface area contributed by atoms with Crippen LogP contribution in [0.15, 0.2) is 77.3 Å². The average Bonchev–Trinajstić information content (AvgIpc) is 3.67. The number of rotatable bonds is 6. The lowest BCUT2D eigenvalue weighted by molar-refractivity contribution is -0.161. The summed E-state index contributed by atoms with van der Waals surface area (Å²) in [4.78, 5) is 60.3. The molecule has 6 rings (SSSR count). The first-order valence-electron chi connectivity index (χ1n) is 16.7. The smallest absolute Gasteiger partial charge is 0.313 e. The first kappa shape index (κ1) is 35.3. The quantitative estimate of drug-likeness (QED) is 0.311. The fraction of sp³-hybridized carbons (Fsp3) is 0.459. The van der Waals surface area contributed by atoms with E-state index in [1.54, 1.807) is 43.3 Å². The van der Waals surface area contributed by atoms with Gasteiger partial charge in [-0.25, -0.2) is 0 Å². The van der Waals surface area contributed by atoms with Gasteiger partial charge in [0, 0.05) is 17.4 Å². The molecule has 0 aliphatic carbocycles. The van der Waals surface area contributed by atoms with Crippen LogP contribution in [0.1, 0.15) is 51.7 Å². The van der Waals surface area contributed by atoms with Crippen molar-refractivity contribution in [2.24, 2.45) is 17.8 Å². The molecule has 5 bridgehead atoms. The van der Waals surface area contributed by atoms with Gasteiger partial charge in [-0.2, -0.15) is 0 Å². The van der Waals surface area contributed by atoms with Crippen molar-refractivity contribution in [3.8, 4) is 0 Å². The Hall–Kier alpha value is -3.51. The van der Waals surface area contributed by atoms with Gasteiger partial charge in [-0.15, -0.1) is 0 Å². The highest BCUT2D eigenvalue weighted by Gasteiger charge is 2.75. The third-order valence-corrected chi connectivity index (χ3v) is 10.8. The number of halogens is 2. The fourth-order valence-electron chi connectivity index (χ4n) is 7.76. The number of amides is 3. The predicted molar refractivity (Wildman–Crippen MR) is 188 cm³/mol. The third-order valence-electron chi connectivity index (χ3n) is 9.83. The van der Waals surface area contributed by atoms with Crippen molar-refractivity contribution in [2.75, 3.05) is 18.1 Å². The zero-order chi connectivity index (χ0) is 35.0. The highest BCUT2D eigenvalue weighted by molar-refractivity contribution is 9.11. The van der Waals surface area contributed by atoms with Crippen LogP contribution in [0.25, 0.3) is 0 Å². The highest BCUT2D eigenvalue weighted by Crippen LogP contribution is 2.59. The van der Waals surface area contributed by atoms with Crippen LogP contribution in [0.5, 0.6) is 0 Å². The van der Waals surface area contributed by atoms with Crippen molar-refractivity contribution in [2.45, 2.75) is 76.0 Å². The second kappa shape index (κ2) is 14.4. The molecule has 10 nitrogen and oxygen atoms in total. The van der Waals surface area contributed by atoms with Crippen LogP contribution in [0, 0.1) is 17.8 Å². The number of benzene rings is 2. The molecule has 4 aliphatic heterocycles. The first-order chi connectivity index (χ1) is 23.5. The Kier molecular flexibility index (Phi) is 10.4. The summed E-state index contributed by atoms with van der Waals surface area (Å²) < 4.78 is 13.4. The number of likely N-dealkylation sites (tertiary alicyclic amines) is 1. The zero-order valence-corrected chi connectivity index (χ0v) is 30.0. The maximum atomic E-state index is 15.1. The number of nitrogens with zero attached hydrogens (tertiary/aromatic N) is 2. The van der Waals surface area contributed by atoms with E-state index in [1.165, 1.54) is 9.80 Å². The van der Waals surface area contributed by atoms with Crippen LogP contribution in [0.3, 0.4) is 0 Å². The van der Waals surface area contributed by atoms with Gasteiger partial charge in [-0.1, -0.05) is 96.0 Å². The van der Waals surface area contributed by atoms with Gasteiger partial charge in [0.1, 0.15) is 29.8 Å². The number of allylic oxidation sites excluding steroid dienone is 1. The maximum Gasteiger partial charge on any atom is 0.313 e. The normalized spacial score (nSPS) is 31.8. The molecule has 0 saturated carbocycles. The fourth-order valence-corrected chi connectivity index (χ4v) is 8.74. The Balaban J connectivity index is 1.51. The molecule has 49 heavy (non-hydrogen) atoms. The van der Waals surface area contributed by atoms with Gasteiger partial charge >= 0.3 is 5.97 Å². The molecular formula is C37H41BrClN3O7. The van der Waals surface area contributed by atoms with E-state index in [9.17, 15) is 19.5 Å². The lowest BCUT2D eigenvalue weighted by Gasteiger charge is -2.39. The summed E-state index contributed by atoms with van der Waals surface area (Å²) in [5.74, 6) is -3.99. The minimum Gasteiger partial charge on any atom is -0.455 e. The van der Waals surface area contributed by atoms with Gasteiger partial charge in [-0.05, 0) is 49.5 Å². The van der Waals surface area contributed by atoms with Crippen molar-refractivity contribution in [1.82, 2.24) is 10.2 Å². The van der Waals surface area contributed by atoms with E-state index in [0.29, 0.717) is 33.6 Å². The lowest BCUT2D eigenvalue weighted by Crippen LogP contribution is -2.59. The molecule has 0 unspecified atom stereocenters. The van der Waals surface area contributed by atoms with E-state index in [0.717, 1.165) is 0 Å². The Morgan fingerprint density at radius 3 is 2.43 bits per heavy atom. The summed E-state index contributed by atoms with van der Waals surface area (Å²) in [5, 5.41) is 14.0. The topological polar surface area (TPSA) is 125 Å². The third kappa shape index (κ3) is 6.46. The minimum atomic E-state index is -1.54. The van der Waals surface area contributed by atoms with Gasteiger partial charge in [0.2, 0.25) is 11.8 Å². The van der Waals surface area contributed by atoms with E-state index >= 15 is 4.79 Å². The molecule has 3 amide bonds. The van der Waals surface area contributed by atoms with Crippen molar-refractivity contribution in [3.63, 3.8) is 0 Å². The summed E-state index contributed by atoms with van der Waals surface area (Å²) in [5.41, 5.74) is -0.433. The number of aliphatic hydroxyl groups excluding tert-OH is 1. The van der Waals surface area contributed by atoms with Gasteiger partial charge in [-0.3, -0.25) is 19.2 Å². The van der Waals surface area contributed by atoms with E-state index in [1.807, 2.05) is 50.3 Å². The number of aliphatic hydroxyl groups is 1. The van der Waals surface area contributed by atoms with E-state index in [-0.39, 0.29) is 31.4 Å². The van der Waals surface area contributed by atoms with Crippen molar-refractivity contribution in [1.29, 1.82) is 0 Å². The van der Waals surface area contributed by atoms with Crippen molar-refractivity contribution < 1.29 is 33.8 Å². The average molecular weight is 755 g/mol. The van der Waals surface area contributed by atoms with E-state index in [4.69, 9.17) is 21.1 Å². The second-order valence-corrected chi connectivity index (χ2v) is 14.9. The number of fused-ring (bicyclic) bond motifs is 2. The Bertz CT molecular complexity index is 1670. The monoisotopic (exact) mass is 753 g/mol. The van der Waals surface area contributed by atoms with Gasteiger partial charge in [0.15, 0.2) is 0 Å². The Morgan fingerprint density at radius 1 is 1.02 bits per heavy atom. The zero-order valence-electron chi connectivity index (χ0n) is 27.6. The maximum absolute atomic E-state index is 15.1. The molecule has 260 valence electrons. The van der Waals surface area contributed by atoms with Crippen molar-refractivity contribution >= 4 is 56.9 Å². The standard InChI is InChI=1S/C37H41BrClN3O7/c1-21(2)18-24(20-43)42-33-35(46)41(27-15-10-9-14-26(27)39)17-11-5-8-16-28(44)40-22(3)31(23-12-6-4-7-13-23)48-36(47)29-30(34(42)45)37(33)19-25(38)32(29)49-37/h4-7,9-15,19,21-22,24,29-33,43H,8,16-18,20H2,1-3H3,(H,40,44)/b11-5-/t22-,24-,29+,30-,31+,32+,33+,37-/m1/s1. The largest absolute Gasteiger partial charge is 0.455 e. The number of carbonyl (C=O) groups is 4. The molecular weight excluding hydrogens is 714 g/mol. The summed E-state index contributed by atoms with van der Waals surface area (Å²) in [6.45, 7) is 5.43. The summed E-state index contributed by atoms with van der Waals surface area (Å²) >= 11 is 10.3. The number of hydrogen-bond donors (Lipinski definition) is 2. The number of para-hydroxylation sites is 1. The van der Waals surface area contributed by atoms with E-state index < -0.39 is 65.6 Å². The van der Waals surface area contributed by atoms with Gasteiger partial charge < -0.3 is 29.7 Å². The number of carbonyl (C=O) groups excluding carboxylic acids is 4. The number of anilines is 1. The summed E-state index contributed by atoms with van der Waals surface area (Å²) in [7, 11) is 0. The molecule has 0 aromatic heterocycles. The summed E-state index contributed by atoms with van der Waals surface area (Å²) in [6.07, 6.45) is 4.59. The number of cyclic esters (lactones) is 1. The Labute approximate surface area is 299 Å². The number of ether oxygens (including phenoxy) is 2. The molecule has 2 fully saturated rings. The van der Waals surface area contributed by atoms with Gasteiger partial charge in [0.05, 0.1) is 35.3 Å². The predicted octanol–water partition coefficient (Wildman–Crippen LogP) is 5.09. The molecule has 8 atom stereocenters. The highest BCUT2D eigenvalue weighted by atomic mass is 79.9. The lowest BCUT2D eigenvalue weighted by atomic mass is 9.74. The van der Waals surface area contributed by atoms with Crippen LogP contribution in [0.4, 0.5) is 5.69 Å². The van der Waals surface area contributed by atoms with E-state index in [2.05, 4.69) is 21.2 Å². The van der Waals surface area contributed by atoms with Crippen LogP contribution in [-0.4, -0.2) is 76.7 Å². The van der Waals surface area contributed by atoms with Gasteiger partial charge in [0.25, 0.3) is 5.91 Å². The molecule has 1 spiro atoms. The minimum absolute atomic E-state index is 0.0791. The molecule has 2 aromatic carbocycles. The number of hydrogen-bond acceptors (Lipinski definition) is 7.